The Balaban J connectivity index is 2.89. The first-order valence-electron chi connectivity index (χ1n) is 7.56. The Bertz CT molecular complexity index is 135. The van der Waals surface area contributed by atoms with Gasteiger partial charge in [0.15, 0.2) is 0 Å². The van der Waals surface area contributed by atoms with E-state index in [1.54, 1.807) is 0 Å². The van der Waals surface area contributed by atoms with Gasteiger partial charge in [0.1, 0.15) is 0 Å². The lowest BCUT2D eigenvalue weighted by Crippen LogP contribution is -2.12. The molecule has 0 heterocycles. The number of hydrogen-bond donors (Lipinski definition) is 1. The maximum Gasteiger partial charge on any atom is -0.00248 e. The van der Waals surface area contributed by atoms with Crippen LogP contribution in [0.5, 0.6) is 0 Å². The molecule has 104 valence electrons. The molecule has 0 amide bonds. The van der Waals surface area contributed by atoms with Crippen molar-refractivity contribution in [3.05, 3.63) is 0 Å². The zero-order valence-corrected chi connectivity index (χ0v) is 12.4. The second-order valence-electron chi connectivity index (χ2n) is 5.44. The SMILES string of the molecule is CNCCCCCCCCCCCCN(C)C. The summed E-state index contributed by atoms with van der Waals surface area (Å²) in [5.41, 5.74) is 0. The van der Waals surface area contributed by atoms with E-state index in [0.717, 1.165) is 0 Å². The first-order valence-corrected chi connectivity index (χ1v) is 7.56. The fourth-order valence-corrected chi connectivity index (χ4v) is 2.14. The van der Waals surface area contributed by atoms with Crippen LogP contribution in [0.2, 0.25) is 0 Å². The summed E-state index contributed by atoms with van der Waals surface area (Å²) in [6, 6.07) is 0. The van der Waals surface area contributed by atoms with Crippen molar-refractivity contribution in [2.24, 2.45) is 0 Å². The number of rotatable bonds is 13. The van der Waals surface area contributed by atoms with Gasteiger partial charge in [-0.3, -0.25) is 0 Å². The highest BCUT2D eigenvalue weighted by Gasteiger charge is 1.94. The second-order valence-corrected chi connectivity index (χ2v) is 5.44. The normalized spacial score (nSPS) is 11.3. The Hall–Kier alpha value is -0.0800. The van der Waals surface area contributed by atoms with Gasteiger partial charge >= 0.3 is 0 Å². The fourth-order valence-electron chi connectivity index (χ4n) is 2.14. The molecule has 0 saturated carbocycles. The van der Waals surface area contributed by atoms with Crippen LogP contribution in [0.25, 0.3) is 0 Å². The van der Waals surface area contributed by atoms with Gasteiger partial charge in [-0.05, 0) is 47.1 Å². The van der Waals surface area contributed by atoms with Gasteiger partial charge in [-0.15, -0.1) is 0 Å². The minimum Gasteiger partial charge on any atom is -0.320 e. The van der Waals surface area contributed by atoms with Crippen molar-refractivity contribution >= 4 is 0 Å². The monoisotopic (exact) mass is 242 g/mol. The molecule has 0 aromatic heterocycles. The standard InChI is InChI=1S/C15H34N2/c1-16-14-12-10-8-6-4-5-7-9-11-13-15-17(2)3/h16H,4-15H2,1-3H3. The Kier molecular flexibility index (Phi) is 13.9. The van der Waals surface area contributed by atoms with Crippen LogP contribution >= 0.6 is 0 Å². The summed E-state index contributed by atoms with van der Waals surface area (Å²) >= 11 is 0. The van der Waals surface area contributed by atoms with Gasteiger partial charge in [-0.25, -0.2) is 0 Å². The van der Waals surface area contributed by atoms with E-state index >= 15 is 0 Å². The number of hydrogen-bond acceptors (Lipinski definition) is 2. The molecule has 0 aromatic carbocycles. The van der Waals surface area contributed by atoms with E-state index in [0.29, 0.717) is 0 Å². The van der Waals surface area contributed by atoms with Gasteiger partial charge in [-0.1, -0.05) is 51.4 Å². The molecule has 0 radical (unpaired) electrons. The Labute approximate surface area is 109 Å². The number of nitrogens with one attached hydrogen (secondary N) is 1. The van der Waals surface area contributed by atoms with Crippen molar-refractivity contribution in [2.45, 2.75) is 64.2 Å². The molecule has 0 aromatic rings. The van der Waals surface area contributed by atoms with Crippen LogP contribution in [-0.2, 0) is 0 Å². The molecule has 0 aliphatic carbocycles. The predicted molar refractivity (Wildman–Crippen MR) is 78.7 cm³/mol. The summed E-state index contributed by atoms with van der Waals surface area (Å²) in [6.07, 6.45) is 14.2. The van der Waals surface area contributed by atoms with Crippen LogP contribution in [0.1, 0.15) is 64.2 Å². The van der Waals surface area contributed by atoms with Gasteiger partial charge in [-0.2, -0.15) is 0 Å². The minimum atomic E-state index is 1.19. The lowest BCUT2D eigenvalue weighted by Gasteiger charge is -2.08. The fraction of sp³-hybridized carbons (Fsp3) is 1.00. The highest BCUT2D eigenvalue weighted by atomic mass is 15.0. The maximum absolute atomic E-state index is 3.20. The molecule has 0 unspecified atom stereocenters. The van der Waals surface area contributed by atoms with Gasteiger partial charge in [0, 0.05) is 0 Å². The van der Waals surface area contributed by atoms with E-state index in [2.05, 4.69) is 24.3 Å². The van der Waals surface area contributed by atoms with E-state index in [9.17, 15) is 0 Å². The highest BCUT2D eigenvalue weighted by Crippen LogP contribution is 2.10. The van der Waals surface area contributed by atoms with Crippen LogP contribution in [-0.4, -0.2) is 39.1 Å². The number of nitrogens with zero attached hydrogens (tertiary/aromatic N) is 1. The summed E-state index contributed by atoms with van der Waals surface area (Å²) < 4.78 is 0. The summed E-state index contributed by atoms with van der Waals surface area (Å²) in [6.45, 7) is 2.44. The van der Waals surface area contributed by atoms with Crippen molar-refractivity contribution in [1.29, 1.82) is 0 Å². The summed E-state index contributed by atoms with van der Waals surface area (Å²) in [5.74, 6) is 0. The third-order valence-corrected chi connectivity index (χ3v) is 3.28. The molecule has 0 spiro atoms. The van der Waals surface area contributed by atoms with Crippen LogP contribution < -0.4 is 5.32 Å². The number of unbranched alkanes of at least 4 members (excludes halogenated alkanes) is 9. The van der Waals surface area contributed by atoms with Crippen molar-refractivity contribution in [3.8, 4) is 0 Å². The summed E-state index contributed by atoms with van der Waals surface area (Å²) in [4.78, 5) is 2.28. The molecule has 0 fully saturated rings. The molecule has 1 N–H and O–H groups in total. The average Bonchev–Trinajstić information content (AvgIpc) is 2.30. The van der Waals surface area contributed by atoms with Crippen molar-refractivity contribution < 1.29 is 0 Å². The van der Waals surface area contributed by atoms with Crippen LogP contribution in [0.4, 0.5) is 0 Å². The Morgan fingerprint density at radius 1 is 0.647 bits per heavy atom. The molecule has 0 aliphatic heterocycles. The zero-order valence-electron chi connectivity index (χ0n) is 12.4. The van der Waals surface area contributed by atoms with E-state index < -0.39 is 0 Å². The molecule has 0 saturated heterocycles. The van der Waals surface area contributed by atoms with E-state index in [1.807, 2.05) is 7.05 Å². The lowest BCUT2D eigenvalue weighted by molar-refractivity contribution is 0.389. The first-order chi connectivity index (χ1) is 8.27. The van der Waals surface area contributed by atoms with Crippen LogP contribution in [0.15, 0.2) is 0 Å². The maximum atomic E-state index is 3.20. The quantitative estimate of drug-likeness (QED) is 0.496. The lowest BCUT2D eigenvalue weighted by atomic mass is 10.1. The van der Waals surface area contributed by atoms with Crippen molar-refractivity contribution in [3.63, 3.8) is 0 Å². The van der Waals surface area contributed by atoms with Gasteiger partial charge in [0.25, 0.3) is 0 Å². The smallest absolute Gasteiger partial charge is 0.00248 e. The van der Waals surface area contributed by atoms with Crippen LogP contribution in [0, 0.1) is 0 Å². The minimum absolute atomic E-state index is 1.19. The van der Waals surface area contributed by atoms with Gasteiger partial charge in [0.2, 0.25) is 0 Å². The van der Waals surface area contributed by atoms with Crippen LogP contribution in [0.3, 0.4) is 0 Å². The van der Waals surface area contributed by atoms with Gasteiger partial charge in [0.05, 0.1) is 0 Å². The van der Waals surface area contributed by atoms with Crippen molar-refractivity contribution in [2.75, 3.05) is 34.2 Å². The Morgan fingerprint density at radius 2 is 1.06 bits per heavy atom. The van der Waals surface area contributed by atoms with E-state index in [1.165, 1.54) is 77.3 Å². The molecule has 2 nitrogen and oxygen atoms in total. The van der Waals surface area contributed by atoms with E-state index in [4.69, 9.17) is 0 Å². The van der Waals surface area contributed by atoms with Gasteiger partial charge < -0.3 is 10.2 Å². The predicted octanol–water partition coefficient (Wildman–Crippen LogP) is 3.67. The molecule has 0 atom stereocenters. The molecule has 2 heteroatoms. The molecular formula is C15H34N2. The first kappa shape index (κ1) is 16.9. The van der Waals surface area contributed by atoms with E-state index in [-0.39, 0.29) is 0 Å². The second kappa shape index (κ2) is 14.0. The van der Waals surface area contributed by atoms with Crippen molar-refractivity contribution in [1.82, 2.24) is 10.2 Å². The molecule has 0 aliphatic rings. The molecular weight excluding hydrogens is 208 g/mol. The third-order valence-electron chi connectivity index (χ3n) is 3.28. The Morgan fingerprint density at radius 3 is 1.47 bits per heavy atom. The topological polar surface area (TPSA) is 15.3 Å². The zero-order chi connectivity index (χ0) is 12.8. The highest BCUT2D eigenvalue weighted by molar-refractivity contribution is 4.50. The molecule has 0 bridgehead atoms. The molecule has 0 rings (SSSR count). The summed E-state index contributed by atoms with van der Waals surface area (Å²) in [7, 11) is 6.36. The largest absolute Gasteiger partial charge is 0.320 e. The summed E-state index contributed by atoms with van der Waals surface area (Å²) in [5, 5.41) is 3.20. The average molecular weight is 242 g/mol. The molecule has 17 heavy (non-hydrogen) atoms. The third kappa shape index (κ3) is 15.9.